The first kappa shape index (κ1) is 15.0. The van der Waals surface area contributed by atoms with Gasteiger partial charge in [0.1, 0.15) is 0 Å². The van der Waals surface area contributed by atoms with E-state index in [4.69, 9.17) is 0 Å². The van der Waals surface area contributed by atoms with Crippen LogP contribution in [0.5, 0.6) is 0 Å². The van der Waals surface area contributed by atoms with Crippen LogP contribution in [-0.4, -0.2) is 20.8 Å². The molecule has 0 radical (unpaired) electrons. The Morgan fingerprint density at radius 2 is 1.95 bits per heavy atom. The molecular weight excluding hydrogens is 320 g/mol. The van der Waals surface area contributed by atoms with Crippen molar-refractivity contribution in [1.82, 2.24) is 4.98 Å². The average Bonchev–Trinajstić information content (AvgIpc) is 2.95. The van der Waals surface area contributed by atoms with E-state index in [-0.39, 0.29) is 5.69 Å². The van der Waals surface area contributed by atoms with E-state index in [9.17, 15) is 15.2 Å². The fraction of sp³-hybridized carbons (Fsp3) is 0.133. The quantitative estimate of drug-likeness (QED) is 0.434. The maximum Gasteiger partial charge on any atom is 0.269 e. The summed E-state index contributed by atoms with van der Waals surface area (Å²) in [6.45, 7) is 0. The number of aliphatic hydroxyl groups is 1. The lowest BCUT2D eigenvalue weighted by molar-refractivity contribution is -0.384. The molecule has 1 heterocycles. The first-order valence-electron chi connectivity index (χ1n) is 6.54. The summed E-state index contributed by atoms with van der Waals surface area (Å²) in [5.41, 5.74) is 1.65. The van der Waals surface area contributed by atoms with Crippen molar-refractivity contribution in [2.45, 2.75) is 10.4 Å². The number of rotatable bonds is 5. The summed E-state index contributed by atoms with van der Waals surface area (Å²) in [5, 5.41) is 20.8. The first-order chi connectivity index (χ1) is 10.6. The second kappa shape index (κ2) is 6.43. The highest BCUT2D eigenvalue weighted by Crippen LogP contribution is 2.32. The molecule has 0 saturated heterocycles. The number of hydrogen-bond donors (Lipinski definition) is 1. The number of para-hydroxylation sites is 1. The molecule has 112 valence electrons. The van der Waals surface area contributed by atoms with Crippen LogP contribution in [0.15, 0.2) is 52.9 Å². The predicted molar refractivity (Wildman–Crippen MR) is 88.4 cm³/mol. The van der Waals surface area contributed by atoms with E-state index in [1.54, 1.807) is 23.5 Å². The molecule has 3 rings (SSSR count). The number of thiazole rings is 1. The van der Waals surface area contributed by atoms with E-state index in [0.717, 1.165) is 14.6 Å². The van der Waals surface area contributed by atoms with Gasteiger partial charge in [0, 0.05) is 17.9 Å². The van der Waals surface area contributed by atoms with Crippen molar-refractivity contribution < 1.29 is 10.0 Å². The molecule has 2 aromatic carbocycles. The third-order valence-corrected chi connectivity index (χ3v) is 5.38. The number of aliphatic hydroxyl groups excluding tert-OH is 1. The van der Waals surface area contributed by atoms with Gasteiger partial charge in [-0.25, -0.2) is 4.98 Å². The van der Waals surface area contributed by atoms with Gasteiger partial charge in [0.2, 0.25) is 0 Å². The third kappa shape index (κ3) is 3.27. The Morgan fingerprint density at radius 1 is 1.23 bits per heavy atom. The molecule has 0 saturated carbocycles. The number of benzene rings is 2. The Hall–Kier alpha value is -1.96. The van der Waals surface area contributed by atoms with Gasteiger partial charge in [-0.1, -0.05) is 23.9 Å². The van der Waals surface area contributed by atoms with Crippen molar-refractivity contribution in [3.63, 3.8) is 0 Å². The molecule has 5 nitrogen and oxygen atoms in total. The van der Waals surface area contributed by atoms with Gasteiger partial charge in [0.25, 0.3) is 5.69 Å². The van der Waals surface area contributed by atoms with Gasteiger partial charge in [0.15, 0.2) is 4.34 Å². The molecule has 1 N–H and O–H groups in total. The number of aromatic nitrogens is 1. The summed E-state index contributed by atoms with van der Waals surface area (Å²) >= 11 is 3.08. The topological polar surface area (TPSA) is 76.3 Å². The fourth-order valence-corrected chi connectivity index (χ4v) is 4.04. The molecule has 0 fully saturated rings. The molecule has 0 amide bonds. The predicted octanol–water partition coefficient (Wildman–Crippen LogP) is 4.03. The zero-order valence-electron chi connectivity index (χ0n) is 11.4. The normalized spacial score (nSPS) is 12.4. The zero-order chi connectivity index (χ0) is 15.5. The Balaban J connectivity index is 1.66. The van der Waals surface area contributed by atoms with Crippen LogP contribution in [0.25, 0.3) is 10.2 Å². The summed E-state index contributed by atoms with van der Waals surface area (Å²) in [7, 11) is 0. The standard InChI is InChI=1S/C15H12N2O3S2/c18-13(10-5-7-11(8-6-10)17(19)20)9-21-15-16-12-3-1-2-4-14(12)22-15/h1-8,13,18H,9H2. The Morgan fingerprint density at radius 3 is 2.64 bits per heavy atom. The molecule has 1 atom stereocenters. The molecule has 0 aliphatic heterocycles. The Bertz CT molecular complexity index is 769. The SMILES string of the molecule is O=[N+]([O-])c1ccc(C(O)CSc2nc3ccccc3s2)cc1. The average molecular weight is 332 g/mol. The highest BCUT2D eigenvalue weighted by Gasteiger charge is 2.12. The molecule has 7 heteroatoms. The van der Waals surface area contributed by atoms with Crippen LogP contribution < -0.4 is 0 Å². The van der Waals surface area contributed by atoms with Crippen molar-refractivity contribution in [2.75, 3.05) is 5.75 Å². The molecule has 1 aromatic heterocycles. The summed E-state index contributed by atoms with van der Waals surface area (Å²) in [6.07, 6.45) is -0.683. The van der Waals surface area contributed by atoms with Crippen molar-refractivity contribution in [3.8, 4) is 0 Å². The number of thioether (sulfide) groups is 1. The second-order valence-electron chi connectivity index (χ2n) is 4.62. The van der Waals surface area contributed by atoms with Crippen molar-refractivity contribution in [1.29, 1.82) is 0 Å². The lowest BCUT2D eigenvalue weighted by atomic mass is 10.1. The summed E-state index contributed by atoms with van der Waals surface area (Å²) in [4.78, 5) is 14.7. The van der Waals surface area contributed by atoms with E-state index in [0.29, 0.717) is 11.3 Å². The van der Waals surface area contributed by atoms with Crippen LogP contribution in [-0.2, 0) is 0 Å². The van der Waals surface area contributed by atoms with Crippen LogP contribution in [0.3, 0.4) is 0 Å². The summed E-state index contributed by atoms with van der Waals surface area (Å²) < 4.78 is 2.02. The molecular formula is C15H12N2O3S2. The molecule has 0 aliphatic rings. The van der Waals surface area contributed by atoms with Crippen molar-refractivity contribution in [3.05, 3.63) is 64.2 Å². The minimum Gasteiger partial charge on any atom is -0.388 e. The molecule has 0 aliphatic carbocycles. The van der Waals surface area contributed by atoms with Crippen LogP contribution >= 0.6 is 23.1 Å². The minimum atomic E-state index is -0.683. The zero-order valence-corrected chi connectivity index (χ0v) is 13.0. The van der Waals surface area contributed by atoms with Crippen LogP contribution in [0.4, 0.5) is 5.69 Å². The van der Waals surface area contributed by atoms with E-state index in [2.05, 4.69) is 4.98 Å². The van der Waals surface area contributed by atoms with E-state index < -0.39 is 11.0 Å². The van der Waals surface area contributed by atoms with Gasteiger partial charge in [-0.15, -0.1) is 11.3 Å². The van der Waals surface area contributed by atoms with Gasteiger partial charge in [-0.2, -0.15) is 0 Å². The number of nitro benzene ring substituents is 1. The monoisotopic (exact) mass is 332 g/mol. The van der Waals surface area contributed by atoms with Gasteiger partial charge < -0.3 is 5.11 Å². The maximum absolute atomic E-state index is 10.6. The maximum atomic E-state index is 10.6. The van der Waals surface area contributed by atoms with Crippen molar-refractivity contribution in [2.24, 2.45) is 0 Å². The summed E-state index contributed by atoms with van der Waals surface area (Å²) in [5.74, 6) is 0.456. The van der Waals surface area contributed by atoms with Gasteiger partial charge in [-0.05, 0) is 29.8 Å². The minimum absolute atomic E-state index is 0.0229. The smallest absolute Gasteiger partial charge is 0.269 e. The number of nitrogens with zero attached hydrogens (tertiary/aromatic N) is 2. The largest absolute Gasteiger partial charge is 0.388 e. The van der Waals surface area contributed by atoms with Crippen LogP contribution in [0, 0.1) is 10.1 Å². The third-order valence-electron chi connectivity index (χ3n) is 3.13. The number of non-ortho nitro benzene ring substituents is 1. The van der Waals surface area contributed by atoms with Crippen molar-refractivity contribution >= 4 is 39.0 Å². The summed E-state index contributed by atoms with van der Waals surface area (Å²) in [6, 6.07) is 13.9. The van der Waals surface area contributed by atoms with Gasteiger partial charge in [-0.3, -0.25) is 10.1 Å². The molecule has 22 heavy (non-hydrogen) atoms. The fourth-order valence-electron chi connectivity index (χ4n) is 1.98. The second-order valence-corrected chi connectivity index (χ2v) is 6.92. The van der Waals surface area contributed by atoms with Crippen LogP contribution in [0.2, 0.25) is 0 Å². The molecule has 1 unspecified atom stereocenters. The first-order valence-corrected chi connectivity index (χ1v) is 8.34. The van der Waals surface area contributed by atoms with Gasteiger partial charge in [0.05, 0.1) is 21.2 Å². The lowest BCUT2D eigenvalue weighted by Crippen LogP contribution is -2.00. The van der Waals surface area contributed by atoms with E-state index in [1.165, 1.54) is 23.9 Å². The van der Waals surface area contributed by atoms with E-state index in [1.807, 2.05) is 24.3 Å². The number of fused-ring (bicyclic) bond motifs is 1. The Labute approximate surface area is 134 Å². The Kier molecular flexibility index (Phi) is 4.37. The highest BCUT2D eigenvalue weighted by molar-refractivity contribution is 8.01. The molecule has 0 bridgehead atoms. The van der Waals surface area contributed by atoms with Gasteiger partial charge >= 0.3 is 0 Å². The molecule has 3 aromatic rings. The molecule has 0 spiro atoms. The number of nitro groups is 1. The van der Waals surface area contributed by atoms with E-state index >= 15 is 0 Å². The van der Waals surface area contributed by atoms with Crippen LogP contribution in [0.1, 0.15) is 11.7 Å². The number of hydrogen-bond acceptors (Lipinski definition) is 6. The highest BCUT2D eigenvalue weighted by atomic mass is 32.2. The lowest BCUT2D eigenvalue weighted by Gasteiger charge is -2.09.